The van der Waals surface area contributed by atoms with Crippen LogP contribution in [-0.2, 0) is 4.79 Å². The summed E-state index contributed by atoms with van der Waals surface area (Å²) in [5.74, 6) is 1.22. The minimum absolute atomic E-state index is 0.0344. The van der Waals surface area contributed by atoms with Crippen molar-refractivity contribution in [1.82, 2.24) is 0 Å². The Hall–Kier alpha value is -1.55. The van der Waals surface area contributed by atoms with Crippen molar-refractivity contribution < 1.29 is 15.0 Å². The number of benzene rings is 1. The van der Waals surface area contributed by atoms with E-state index in [1.54, 1.807) is 24.3 Å². The SMILES string of the molecule is O=C(CC12CC3CC(CC(O)(C3)C1)C2)Nc1ccccc1O. The van der Waals surface area contributed by atoms with Gasteiger partial charge in [-0.25, -0.2) is 0 Å². The highest BCUT2D eigenvalue weighted by Gasteiger charge is 2.57. The monoisotopic (exact) mass is 301 g/mol. The van der Waals surface area contributed by atoms with Gasteiger partial charge < -0.3 is 15.5 Å². The van der Waals surface area contributed by atoms with Crippen LogP contribution in [0.4, 0.5) is 5.69 Å². The second-order valence-electron chi connectivity index (χ2n) is 7.93. The van der Waals surface area contributed by atoms with Crippen molar-refractivity contribution in [2.45, 2.75) is 50.5 Å². The van der Waals surface area contributed by atoms with E-state index in [-0.39, 0.29) is 17.1 Å². The van der Waals surface area contributed by atoms with Gasteiger partial charge in [0.25, 0.3) is 0 Å². The summed E-state index contributed by atoms with van der Waals surface area (Å²) in [5.41, 5.74) is -0.0945. The molecule has 0 heterocycles. The maximum absolute atomic E-state index is 12.4. The molecule has 4 saturated carbocycles. The summed E-state index contributed by atoms with van der Waals surface area (Å²) >= 11 is 0. The molecule has 4 bridgehead atoms. The third-order valence-electron chi connectivity index (χ3n) is 5.87. The van der Waals surface area contributed by atoms with Crippen LogP contribution in [0.2, 0.25) is 0 Å². The first-order valence-electron chi connectivity index (χ1n) is 8.26. The first kappa shape index (κ1) is 14.1. The molecule has 0 aliphatic heterocycles. The second kappa shape index (κ2) is 4.72. The fraction of sp³-hybridized carbons (Fsp3) is 0.611. The number of aromatic hydroxyl groups is 1. The van der Waals surface area contributed by atoms with Gasteiger partial charge in [0.15, 0.2) is 0 Å². The summed E-state index contributed by atoms with van der Waals surface area (Å²) in [5, 5.41) is 23.3. The largest absolute Gasteiger partial charge is 0.506 e. The molecule has 1 aromatic carbocycles. The van der Waals surface area contributed by atoms with Crippen LogP contribution in [0.25, 0.3) is 0 Å². The van der Waals surface area contributed by atoms with Gasteiger partial charge in [-0.15, -0.1) is 0 Å². The standard InChI is InChI=1S/C18H23NO3/c20-15-4-2-1-3-14(15)19-16(21)10-17-6-12-5-13(7-17)9-18(22,8-12)11-17/h1-4,12-13,20,22H,5-11H2,(H,19,21). The third-order valence-corrected chi connectivity index (χ3v) is 5.87. The molecular weight excluding hydrogens is 278 g/mol. The van der Waals surface area contributed by atoms with Crippen molar-refractivity contribution in [3.8, 4) is 5.75 Å². The maximum Gasteiger partial charge on any atom is 0.225 e. The molecule has 118 valence electrons. The van der Waals surface area contributed by atoms with E-state index in [2.05, 4.69) is 5.32 Å². The molecule has 2 unspecified atom stereocenters. The zero-order chi connectivity index (χ0) is 15.4. The smallest absolute Gasteiger partial charge is 0.225 e. The number of hydrogen-bond acceptors (Lipinski definition) is 3. The Morgan fingerprint density at radius 3 is 2.50 bits per heavy atom. The number of hydrogen-bond donors (Lipinski definition) is 3. The van der Waals surface area contributed by atoms with Gasteiger partial charge in [-0.1, -0.05) is 12.1 Å². The average Bonchev–Trinajstić information content (AvgIpc) is 2.37. The van der Waals surface area contributed by atoms with E-state index in [1.807, 2.05) is 0 Å². The number of carbonyl (C=O) groups excluding carboxylic acids is 1. The topological polar surface area (TPSA) is 69.6 Å². The number of carbonyl (C=O) groups is 1. The summed E-state index contributed by atoms with van der Waals surface area (Å²) in [6.45, 7) is 0. The van der Waals surface area contributed by atoms with E-state index in [1.165, 1.54) is 6.42 Å². The van der Waals surface area contributed by atoms with Gasteiger partial charge in [-0.05, 0) is 67.9 Å². The van der Waals surface area contributed by atoms with Crippen molar-refractivity contribution >= 4 is 11.6 Å². The summed E-state index contributed by atoms with van der Waals surface area (Å²) in [6, 6.07) is 6.81. The summed E-state index contributed by atoms with van der Waals surface area (Å²) in [7, 11) is 0. The average molecular weight is 301 g/mol. The molecule has 4 heteroatoms. The van der Waals surface area contributed by atoms with Crippen LogP contribution in [0.15, 0.2) is 24.3 Å². The number of aliphatic hydroxyl groups is 1. The quantitative estimate of drug-likeness (QED) is 0.752. The van der Waals surface area contributed by atoms with Gasteiger partial charge in [0.05, 0.1) is 11.3 Å². The Morgan fingerprint density at radius 2 is 1.86 bits per heavy atom. The normalized spacial score (nSPS) is 39.0. The molecule has 1 aromatic rings. The highest BCUT2D eigenvalue weighted by Crippen LogP contribution is 2.62. The molecule has 0 spiro atoms. The first-order valence-corrected chi connectivity index (χ1v) is 8.26. The van der Waals surface area contributed by atoms with Crippen molar-refractivity contribution in [1.29, 1.82) is 0 Å². The van der Waals surface area contributed by atoms with E-state index in [0.29, 0.717) is 23.9 Å². The van der Waals surface area contributed by atoms with Crippen LogP contribution in [-0.4, -0.2) is 21.7 Å². The highest BCUT2D eigenvalue weighted by molar-refractivity contribution is 5.92. The molecule has 4 aliphatic rings. The number of phenols is 1. The Labute approximate surface area is 130 Å². The fourth-order valence-electron chi connectivity index (χ4n) is 5.72. The molecule has 3 N–H and O–H groups in total. The van der Waals surface area contributed by atoms with Crippen molar-refractivity contribution in [2.75, 3.05) is 5.32 Å². The fourth-order valence-corrected chi connectivity index (χ4v) is 5.72. The van der Waals surface area contributed by atoms with Crippen LogP contribution < -0.4 is 5.32 Å². The zero-order valence-electron chi connectivity index (χ0n) is 12.7. The molecule has 4 aliphatic carbocycles. The minimum Gasteiger partial charge on any atom is -0.506 e. The Balaban J connectivity index is 1.49. The van der Waals surface area contributed by atoms with Gasteiger partial charge in [0, 0.05) is 6.42 Å². The van der Waals surface area contributed by atoms with E-state index in [4.69, 9.17) is 0 Å². The number of rotatable bonds is 3. The Kier molecular flexibility index (Phi) is 3.02. The summed E-state index contributed by atoms with van der Waals surface area (Å²) in [4.78, 5) is 12.4. The Bertz CT molecular complexity index is 598. The molecule has 0 aromatic heterocycles. The van der Waals surface area contributed by atoms with E-state index in [9.17, 15) is 15.0 Å². The molecule has 4 fully saturated rings. The number of para-hydroxylation sites is 2. The van der Waals surface area contributed by atoms with Gasteiger partial charge >= 0.3 is 0 Å². The molecule has 2 atom stereocenters. The number of phenolic OH excluding ortho intramolecular Hbond substituents is 1. The van der Waals surface area contributed by atoms with Crippen molar-refractivity contribution in [3.63, 3.8) is 0 Å². The van der Waals surface area contributed by atoms with Gasteiger partial charge in [-0.2, -0.15) is 0 Å². The van der Waals surface area contributed by atoms with E-state index >= 15 is 0 Å². The molecule has 22 heavy (non-hydrogen) atoms. The van der Waals surface area contributed by atoms with Crippen molar-refractivity contribution in [2.24, 2.45) is 17.3 Å². The molecule has 5 rings (SSSR count). The highest BCUT2D eigenvalue weighted by atomic mass is 16.3. The maximum atomic E-state index is 12.4. The molecule has 1 amide bonds. The van der Waals surface area contributed by atoms with Gasteiger partial charge in [0.2, 0.25) is 5.91 Å². The lowest BCUT2D eigenvalue weighted by Gasteiger charge is -2.60. The summed E-state index contributed by atoms with van der Waals surface area (Å²) in [6.07, 6.45) is 6.43. The predicted octanol–water partition coefficient (Wildman–Crippen LogP) is 3.05. The number of amides is 1. The number of anilines is 1. The van der Waals surface area contributed by atoms with E-state index in [0.717, 1.165) is 32.1 Å². The van der Waals surface area contributed by atoms with Crippen LogP contribution in [0, 0.1) is 17.3 Å². The van der Waals surface area contributed by atoms with Gasteiger partial charge in [-0.3, -0.25) is 4.79 Å². The molecular formula is C18H23NO3. The lowest BCUT2D eigenvalue weighted by atomic mass is 9.47. The molecule has 0 radical (unpaired) electrons. The van der Waals surface area contributed by atoms with Crippen molar-refractivity contribution in [3.05, 3.63) is 24.3 Å². The zero-order valence-corrected chi connectivity index (χ0v) is 12.7. The third kappa shape index (κ3) is 2.39. The summed E-state index contributed by atoms with van der Waals surface area (Å²) < 4.78 is 0. The Morgan fingerprint density at radius 1 is 1.18 bits per heavy atom. The lowest BCUT2D eigenvalue weighted by molar-refractivity contribution is -0.167. The predicted molar refractivity (Wildman–Crippen MR) is 83.4 cm³/mol. The van der Waals surface area contributed by atoms with Crippen LogP contribution in [0.1, 0.15) is 44.9 Å². The molecule has 0 saturated heterocycles. The van der Waals surface area contributed by atoms with E-state index < -0.39 is 5.60 Å². The van der Waals surface area contributed by atoms with Crippen LogP contribution >= 0.6 is 0 Å². The minimum atomic E-state index is -0.529. The van der Waals surface area contributed by atoms with Crippen LogP contribution in [0.5, 0.6) is 5.75 Å². The second-order valence-corrected chi connectivity index (χ2v) is 7.93. The number of nitrogens with one attached hydrogen (secondary N) is 1. The van der Waals surface area contributed by atoms with Gasteiger partial charge in [0.1, 0.15) is 5.75 Å². The van der Waals surface area contributed by atoms with Crippen LogP contribution in [0.3, 0.4) is 0 Å². The lowest BCUT2D eigenvalue weighted by Crippen LogP contribution is -2.56. The first-order chi connectivity index (χ1) is 10.5. The molecule has 4 nitrogen and oxygen atoms in total.